The molecule has 0 spiro atoms. The van der Waals surface area contributed by atoms with Gasteiger partial charge in [-0.2, -0.15) is 5.10 Å². The number of benzene rings is 2. The van der Waals surface area contributed by atoms with Crippen molar-refractivity contribution in [2.75, 3.05) is 41.0 Å². The van der Waals surface area contributed by atoms with E-state index in [0.717, 1.165) is 5.56 Å². The molecule has 34 heavy (non-hydrogen) atoms. The second-order valence-corrected chi connectivity index (χ2v) is 7.76. The van der Waals surface area contributed by atoms with Crippen molar-refractivity contribution in [2.45, 2.75) is 25.8 Å². The molecule has 0 aliphatic carbocycles. The van der Waals surface area contributed by atoms with Crippen LogP contribution in [0, 0.1) is 5.82 Å². The van der Waals surface area contributed by atoms with Crippen LogP contribution in [0.2, 0.25) is 0 Å². The Bertz CT molecular complexity index is 1060. The summed E-state index contributed by atoms with van der Waals surface area (Å²) in [5, 5.41) is 5.85. The van der Waals surface area contributed by atoms with Gasteiger partial charge in [-0.25, -0.2) is 9.40 Å². The predicted molar refractivity (Wildman–Crippen MR) is 125 cm³/mol. The van der Waals surface area contributed by atoms with E-state index in [9.17, 15) is 14.0 Å². The highest BCUT2D eigenvalue weighted by molar-refractivity contribution is 6.03. The normalized spacial score (nSPS) is 15.1. The monoisotopic (exact) mass is 471 g/mol. The van der Waals surface area contributed by atoms with E-state index in [2.05, 4.69) is 5.10 Å². The lowest BCUT2D eigenvalue weighted by Gasteiger charge is -2.27. The first-order valence-electron chi connectivity index (χ1n) is 11.1. The molecule has 1 aliphatic rings. The van der Waals surface area contributed by atoms with Crippen molar-refractivity contribution in [1.82, 2.24) is 9.91 Å². The molecule has 1 atom stereocenters. The van der Waals surface area contributed by atoms with Gasteiger partial charge in [0.15, 0.2) is 11.5 Å². The lowest BCUT2D eigenvalue weighted by molar-refractivity contribution is -0.141. The molecule has 1 heterocycles. The average Bonchev–Trinajstić information content (AvgIpc) is 3.31. The van der Waals surface area contributed by atoms with Gasteiger partial charge in [-0.1, -0.05) is 31.2 Å². The summed E-state index contributed by atoms with van der Waals surface area (Å²) in [7, 11) is 4.61. The van der Waals surface area contributed by atoms with E-state index in [1.54, 1.807) is 44.4 Å². The van der Waals surface area contributed by atoms with Gasteiger partial charge in [-0.15, -0.1) is 0 Å². The number of hydrogen-bond acceptors (Lipinski definition) is 6. The largest absolute Gasteiger partial charge is 0.493 e. The number of methoxy groups -OCH3 is 3. The standard InChI is InChI=1S/C25H30FN3O5/c1-5-24(30)28(12-13-32-2)16-25(31)29-21(17-10-11-22(33-3)23(14-17)34-4)15-20(27-29)18-8-6-7-9-19(18)26/h6-11,14,21H,5,12-13,15-16H2,1-4H3/t21-/m1/s1. The number of rotatable bonds is 10. The number of amides is 2. The minimum atomic E-state index is -0.497. The Morgan fingerprint density at radius 2 is 1.85 bits per heavy atom. The van der Waals surface area contributed by atoms with Crippen LogP contribution in [-0.2, 0) is 14.3 Å². The molecule has 0 radical (unpaired) electrons. The Morgan fingerprint density at radius 1 is 1.12 bits per heavy atom. The van der Waals surface area contributed by atoms with Crippen molar-refractivity contribution in [3.63, 3.8) is 0 Å². The van der Waals surface area contributed by atoms with Crippen LogP contribution in [0.3, 0.4) is 0 Å². The van der Waals surface area contributed by atoms with Crippen LogP contribution in [0.15, 0.2) is 47.6 Å². The van der Waals surface area contributed by atoms with Crippen LogP contribution in [0.25, 0.3) is 0 Å². The van der Waals surface area contributed by atoms with Crippen LogP contribution >= 0.6 is 0 Å². The van der Waals surface area contributed by atoms with E-state index in [1.807, 2.05) is 6.07 Å². The zero-order valence-corrected chi connectivity index (χ0v) is 19.9. The van der Waals surface area contributed by atoms with Gasteiger partial charge in [0, 0.05) is 32.1 Å². The van der Waals surface area contributed by atoms with E-state index in [1.165, 1.54) is 30.2 Å². The van der Waals surface area contributed by atoms with Crippen LogP contribution in [-0.4, -0.2) is 68.5 Å². The smallest absolute Gasteiger partial charge is 0.262 e. The maximum absolute atomic E-state index is 14.5. The Kier molecular flexibility index (Phi) is 8.59. The third-order valence-electron chi connectivity index (χ3n) is 5.69. The molecule has 0 fully saturated rings. The summed E-state index contributed by atoms with van der Waals surface area (Å²) in [4.78, 5) is 27.2. The van der Waals surface area contributed by atoms with Crippen molar-refractivity contribution in [1.29, 1.82) is 0 Å². The first kappa shape index (κ1) is 25.2. The molecule has 2 aromatic rings. The lowest BCUT2D eigenvalue weighted by atomic mass is 9.97. The summed E-state index contributed by atoms with van der Waals surface area (Å²) in [5.41, 5.74) is 1.55. The maximum atomic E-state index is 14.5. The number of carbonyl (C=O) groups is 2. The van der Waals surface area contributed by atoms with Crippen LogP contribution in [0.4, 0.5) is 4.39 Å². The maximum Gasteiger partial charge on any atom is 0.262 e. The first-order chi connectivity index (χ1) is 16.4. The summed E-state index contributed by atoms with van der Waals surface area (Å²) < 4.78 is 30.4. The Balaban J connectivity index is 1.97. The summed E-state index contributed by atoms with van der Waals surface area (Å²) >= 11 is 0. The minimum Gasteiger partial charge on any atom is -0.493 e. The van der Waals surface area contributed by atoms with Gasteiger partial charge in [-0.3, -0.25) is 9.59 Å². The van der Waals surface area contributed by atoms with Crippen LogP contribution < -0.4 is 9.47 Å². The minimum absolute atomic E-state index is 0.159. The van der Waals surface area contributed by atoms with E-state index < -0.39 is 11.9 Å². The molecule has 182 valence electrons. The second kappa shape index (κ2) is 11.6. The number of carbonyl (C=O) groups excluding carboxylic acids is 2. The molecule has 1 aliphatic heterocycles. The third-order valence-corrected chi connectivity index (χ3v) is 5.69. The number of hydrazone groups is 1. The Labute approximate surface area is 198 Å². The van der Waals surface area contributed by atoms with Gasteiger partial charge in [0.2, 0.25) is 5.91 Å². The van der Waals surface area contributed by atoms with Crippen molar-refractivity contribution >= 4 is 17.5 Å². The topological polar surface area (TPSA) is 80.7 Å². The van der Waals surface area contributed by atoms with Crippen molar-refractivity contribution < 1.29 is 28.2 Å². The molecule has 2 amide bonds. The third kappa shape index (κ3) is 5.53. The Morgan fingerprint density at radius 3 is 2.50 bits per heavy atom. The van der Waals surface area contributed by atoms with Crippen molar-refractivity contribution in [3.8, 4) is 11.5 Å². The van der Waals surface area contributed by atoms with E-state index >= 15 is 0 Å². The molecule has 9 heteroatoms. The molecular weight excluding hydrogens is 441 g/mol. The van der Waals surface area contributed by atoms with E-state index in [0.29, 0.717) is 35.8 Å². The van der Waals surface area contributed by atoms with E-state index in [4.69, 9.17) is 14.2 Å². The highest BCUT2D eigenvalue weighted by atomic mass is 19.1. The van der Waals surface area contributed by atoms with Gasteiger partial charge in [0.1, 0.15) is 12.4 Å². The number of halogens is 1. The van der Waals surface area contributed by atoms with Crippen LogP contribution in [0.5, 0.6) is 11.5 Å². The fourth-order valence-corrected chi connectivity index (χ4v) is 3.87. The molecule has 0 saturated carbocycles. The summed E-state index contributed by atoms with van der Waals surface area (Å²) in [6.45, 7) is 2.17. The summed E-state index contributed by atoms with van der Waals surface area (Å²) in [6, 6.07) is 11.2. The summed E-state index contributed by atoms with van der Waals surface area (Å²) in [6.07, 6.45) is 0.571. The highest BCUT2D eigenvalue weighted by Gasteiger charge is 2.35. The zero-order valence-electron chi connectivity index (χ0n) is 19.9. The zero-order chi connectivity index (χ0) is 24.7. The van der Waals surface area contributed by atoms with Crippen LogP contribution in [0.1, 0.15) is 36.9 Å². The van der Waals surface area contributed by atoms with E-state index in [-0.39, 0.29) is 31.3 Å². The fraction of sp³-hybridized carbons (Fsp3) is 0.400. The molecule has 0 aromatic heterocycles. The second-order valence-electron chi connectivity index (χ2n) is 7.76. The van der Waals surface area contributed by atoms with Crippen molar-refractivity contribution in [3.05, 3.63) is 59.4 Å². The molecule has 0 bridgehead atoms. The van der Waals surface area contributed by atoms with Gasteiger partial charge in [0.05, 0.1) is 32.6 Å². The predicted octanol–water partition coefficient (Wildman–Crippen LogP) is 3.41. The Hall–Kier alpha value is -3.46. The molecule has 0 saturated heterocycles. The quantitative estimate of drug-likeness (QED) is 0.531. The molecule has 0 unspecified atom stereocenters. The van der Waals surface area contributed by atoms with Crippen molar-refractivity contribution in [2.24, 2.45) is 5.10 Å². The lowest BCUT2D eigenvalue weighted by Crippen LogP contribution is -2.42. The SMILES string of the molecule is CCC(=O)N(CCOC)CC(=O)N1N=C(c2ccccc2F)C[C@@H]1c1ccc(OC)c(OC)c1. The number of nitrogens with zero attached hydrogens (tertiary/aromatic N) is 3. The van der Waals surface area contributed by atoms with Gasteiger partial charge < -0.3 is 19.1 Å². The van der Waals surface area contributed by atoms with Gasteiger partial charge >= 0.3 is 0 Å². The first-order valence-corrected chi connectivity index (χ1v) is 11.1. The molecule has 2 aromatic carbocycles. The van der Waals surface area contributed by atoms with Gasteiger partial charge in [-0.05, 0) is 23.8 Å². The number of ether oxygens (including phenoxy) is 3. The average molecular weight is 472 g/mol. The highest BCUT2D eigenvalue weighted by Crippen LogP contribution is 2.37. The van der Waals surface area contributed by atoms with Gasteiger partial charge in [0.25, 0.3) is 5.91 Å². The molecule has 3 rings (SSSR count). The molecule has 0 N–H and O–H groups in total. The fourth-order valence-electron chi connectivity index (χ4n) is 3.87. The summed E-state index contributed by atoms with van der Waals surface area (Å²) in [5.74, 6) is 0.116. The molecule has 8 nitrogen and oxygen atoms in total. The number of hydrogen-bond donors (Lipinski definition) is 0. The molecular formula is C25H30FN3O5.